The van der Waals surface area contributed by atoms with Gasteiger partial charge in [-0.15, -0.1) is 0 Å². The number of hydrogen-bond donors (Lipinski definition) is 1. The van der Waals surface area contributed by atoms with Crippen LogP contribution in [-0.4, -0.2) is 30.9 Å². The molecule has 0 spiro atoms. The van der Waals surface area contributed by atoms with Crippen molar-refractivity contribution in [2.24, 2.45) is 0 Å². The average Bonchev–Trinajstić information content (AvgIpc) is 2.63. The first kappa shape index (κ1) is 15.9. The van der Waals surface area contributed by atoms with E-state index in [-0.39, 0.29) is 5.56 Å². The molecule has 5 nitrogen and oxygen atoms in total. The zero-order valence-corrected chi connectivity index (χ0v) is 14.3. The monoisotopic (exact) mass is 313 g/mol. The Hall–Kier alpha value is -1.98. The molecule has 0 aliphatic carbocycles. The molecule has 0 fully saturated rings. The molecule has 1 aliphatic rings. The van der Waals surface area contributed by atoms with Crippen LogP contribution in [-0.2, 0) is 6.54 Å². The summed E-state index contributed by atoms with van der Waals surface area (Å²) in [4.78, 5) is 17.4. The molecule has 0 saturated heterocycles. The van der Waals surface area contributed by atoms with Crippen molar-refractivity contribution in [3.05, 3.63) is 52.1 Å². The maximum absolute atomic E-state index is 12.8. The van der Waals surface area contributed by atoms with Gasteiger partial charge in [0.25, 0.3) is 5.56 Å². The molecule has 0 bridgehead atoms. The van der Waals surface area contributed by atoms with Crippen molar-refractivity contribution in [3.63, 3.8) is 0 Å². The van der Waals surface area contributed by atoms with Crippen LogP contribution in [0.1, 0.15) is 33.5 Å². The van der Waals surface area contributed by atoms with Gasteiger partial charge in [-0.05, 0) is 52.3 Å². The number of rotatable bonds is 2. The second-order valence-corrected chi connectivity index (χ2v) is 7.26. The maximum Gasteiger partial charge on any atom is 0.261 e. The SMILES string of the molecule is Cc1nc2ccccc2c(=O)n1CC1=CC(C)(C)N(O)C1(C)C. The molecule has 2 heterocycles. The molecule has 122 valence electrons. The summed E-state index contributed by atoms with van der Waals surface area (Å²) >= 11 is 0. The molecule has 1 N–H and O–H groups in total. The fraction of sp³-hybridized carbons (Fsp3) is 0.444. The normalized spacial score (nSPS) is 20.0. The van der Waals surface area contributed by atoms with Crippen LogP contribution in [0.15, 0.2) is 40.7 Å². The summed E-state index contributed by atoms with van der Waals surface area (Å²) in [6, 6.07) is 7.39. The highest BCUT2D eigenvalue weighted by Gasteiger charge is 2.45. The number of fused-ring (bicyclic) bond motifs is 1. The van der Waals surface area contributed by atoms with Crippen molar-refractivity contribution >= 4 is 10.9 Å². The van der Waals surface area contributed by atoms with E-state index in [9.17, 15) is 10.0 Å². The second kappa shape index (κ2) is 5.01. The largest absolute Gasteiger partial charge is 0.312 e. The first-order valence-electron chi connectivity index (χ1n) is 7.82. The summed E-state index contributed by atoms with van der Waals surface area (Å²) in [5.41, 5.74) is 0.697. The van der Waals surface area contributed by atoms with Gasteiger partial charge in [0, 0.05) is 0 Å². The Balaban J connectivity index is 2.11. The van der Waals surface area contributed by atoms with E-state index in [1.54, 1.807) is 10.6 Å². The van der Waals surface area contributed by atoms with E-state index in [4.69, 9.17) is 0 Å². The zero-order chi connectivity index (χ0) is 17.0. The van der Waals surface area contributed by atoms with Crippen molar-refractivity contribution in [2.45, 2.75) is 52.2 Å². The minimum absolute atomic E-state index is 0.0426. The van der Waals surface area contributed by atoms with E-state index in [1.165, 1.54) is 5.06 Å². The van der Waals surface area contributed by atoms with Crippen LogP contribution in [0, 0.1) is 6.92 Å². The maximum atomic E-state index is 12.8. The number of hydroxylamine groups is 2. The van der Waals surface area contributed by atoms with Gasteiger partial charge in [-0.1, -0.05) is 18.2 Å². The van der Waals surface area contributed by atoms with E-state index >= 15 is 0 Å². The van der Waals surface area contributed by atoms with Gasteiger partial charge in [0.1, 0.15) is 5.82 Å². The number of para-hydroxylation sites is 1. The van der Waals surface area contributed by atoms with Gasteiger partial charge in [-0.25, -0.2) is 4.98 Å². The van der Waals surface area contributed by atoms with Gasteiger partial charge in [0.05, 0.1) is 28.5 Å². The molecule has 5 heteroatoms. The number of aromatic nitrogens is 2. The van der Waals surface area contributed by atoms with E-state index in [2.05, 4.69) is 4.98 Å². The van der Waals surface area contributed by atoms with Crippen LogP contribution in [0.4, 0.5) is 0 Å². The fourth-order valence-corrected chi connectivity index (χ4v) is 3.40. The van der Waals surface area contributed by atoms with Gasteiger partial charge >= 0.3 is 0 Å². The third-order valence-electron chi connectivity index (χ3n) is 4.77. The van der Waals surface area contributed by atoms with Gasteiger partial charge < -0.3 is 5.21 Å². The Kier molecular flexibility index (Phi) is 3.46. The van der Waals surface area contributed by atoms with E-state index < -0.39 is 11.1 Å². The third kappa shape index (κ3) is 2.40. The highest BCUT2D eigenvalue weighted by Crippen LogP contribution is 2.38. The molecule has 1 aliphatic heterocycles. The van der Waals surface area contributed by atoms with Gasteiger partial charge in [0.2, 0.25) is 0 Å². The second-order valence-electron chi connectivity index (χ2n) is 7.26. The standard InChI is InChI=1S/C18H23N3O2/c1-12-19-15-9-7-6-8-14(15)16(22)20(12)11-13-10-17(2,3)21(23)18(13,4)5/h6-10,23H,11H2,1-5H3. The summed E-state index contributed by atoms with van der Waals surface area (Å²) in [5.74, 6) is 0.680. The summed E-state index contributed by atoms with van der Waals surface area (Å²) in [6.45, 7) is 10.1. The van der Waals surface area contributed by atoms with Gasteiger partial charge in [0.15, 0.2) is 0 Å². The molecule has 23 heavy (non-hydrogen) atoms. The number of nitrogens with zero attached hydrogens (tertiary/aromatic N) is 3. The number of benzene rings is 1. The first-order chi connectivity index (χ1) is 10.6. The molecule has 2 aromatic rings. The Bertz CT molecular complexity index is 862. The quantitative estimate of drug-likeness (QED) is 0.866. The lowest BCUT2D eigenvalue weighted by Gasteiger charge is -2.36. The lowest BCUT2D eigenvalue weighted by Crippen LogP contribution is -2.48. The fourth-order valence-electron chi connectivity index (χ4n) is 3.40. The minimum Gasteiger partial charge on any atom is -0.312 e. The van der Waals surface area contributed by atoms with Crippen LogP contribution in [0.2, 0.25) is 0 Å². The zero-order valence-electron chi connectivity index (χ0n) is 14.3. The minimum atomic E-state index is -0.527. The molecular weight excluding hydrogens is 290 g/mol. The van der Waals surface area contributed by atoms with E-state index in [0.717, 1.165) is 11.1 Å². The summed E-state index contributed by atoms with van der Waals surface area (Å²) in [7, 11) is 0. The van der Waals surface area contributed by atoms with E-state index in [1.807, 2.05) is 58.9 Å². The molecular formula is C18H23N3O2. The lowest BCUT2D eigenvalue weighted by molar-refractivity contribution is -0.185. The predicted octanol–water partition coefficient (Wildman–Crippen LogP) is 2.89. The van der Waals surface area contributed by atoms with Crippen LogP contribution in [0.25, 0.3) is 10.9 Å². The average molecular weight is 313 g/mol. The van der Waals surface area contributed by atoms with Crippen LogP contribution in [0.3, 0.4) is 0 Å². The van der Waals surface area contributed by atoms with Crippen LogP contribution in [0.5, 0.6) is 0 Å². The molecule has 0 radical (unpaired) electrons. The summed E-state index contributed by atoms with van der Waals surface area (Å²) in [6.07, 6.45) is 2.04. The van der Waals surface area contributed by atoms with E-state index in [0.29, 0.717) is 17.8 Å². The number of aryl methyl sites for hydroxylation is 1. The van der Waals surface area contributed by atoms with Crippen molar-refractivity contribution in [2.75, 3.05) is 0 Å². The Labute approximate surface area is 135 Å². The molecule has 3 rings (SSSR count). The molecule has 0 unspecified atom stereocenters. The Morgan fingerprint density at radius 2 is 1.83 bits per heavy atom. The molecule has 0 saturated carbocycles. The van der Waals surface area contributed by atoms with Crippen LogP contribution >= 0.6 is 0 Å². The lowest BCUT2D eigenvalue weighted by atomic mass is 9.96. The first-order valence-corrected chi connectivity index (χ1v) is 7.82. The molecule has 1 aromatic carbocycles. The Morgan fingerprint density at radius 1 is 1.17 bits per heavy atom. The van der Waals surface area contributed by atoms with Gasteiger partial charge in [-0.3, -0.25) is 9.36 Å². The highest BCUT2D eigenvalue weighted by atomic mass is 16.5. The predicted molar refractivity (Wildman–Crippen MR) is 90.6 cm³/mol. The summed E-state index contributed by atoms with van der Waals surface area (Å²) in [5, 5.41) is 12.4. The molecule has 0 amide bonds. The van der Waals surface area contributed by atoms with Crippen molar-refractivity contribution in [1.82, 2.24) is 14.6 Å². The summed E-state index contributed by atoms with van der Waals surface area (Å²) < 4.78 is 1.69. The highest BCUT2D eigenvalue weighted by molar-refractivity contribution is 5.77. The van der Waals surface area contributed by atoms with Crippen molar-refractivity contribution in [1.29, 1.82) is 0 Å². The molecule has 0 atom stereocenters. The number of hydrogen-bond acceptors (Lipinski definition) is 4. The van der Waals surface area contributed by atoms with Gasteiger partial charge in [-0.2, -0.15) is 5.06 Å². The smallest absolute Gasteiger partial charge is 0.261 e. The Morgan fingerprint density at radius 3 is 2.43 bits per heavy atom. The third-order valence-corrected chi connectivity index (χ3v) is 4.77. The molecule has 1 aromatic heterocycles. The van der Waals surface area contributed by atoms with Crippen molar-refractivity contribution in [3.8, 4) is 0 Å². The van der Waals surface area contributed by atoms with Crippen LogP contribution < -0.4 is 5.56 Å². The topological polar surface area (TPSA) is 58.4 Å². The van der Waals surface area contributed by atoms with Crippen molar-refractivity contribution < 1.29 is 5.21 Å².